The molecule has 1 aliphatic carbocycles. The van der Waals surface area contributed by atoms with Gasteiger partial charge in [0.2, 0.25) is 5.91 Å². The van der Waals surface area contributed by atoms with Gasteiger partial charge in [-0.1, -0.05) is 36.4 Å². The molecule has 154 valence electrons. The molecule has 2 aliphatic rings. The Hall–Kier alpha value is -3.38. The van der Waals surface area contributed by atoms with Gasteiger partial charge in [0, 0.05) is 22.6 Å². The fourth-order valence-electron chi connectivity index (χ4n) is 4.05. The molecule has 1 heterocycles. The molecule has 6 heteroatoms. The molecular formula is C24H26N4O2. The van der Waals surface area contributed by atoms with Crippen LogP contribution in [0.2, 0.25) is 0 Å². The molecule has 0 spiro atoms. The van der Waals surface area contributed by atoms with Gasteiger partial charge >= 0.3 is 0 Å². The lowest BCUT2D eigenvalue weighted by Crippen LogP contribution is -2.44. The Morgan fingerprint density at radius 3 is 2.30 bits per heavy atom. The molecule has 2 aromatic rings. The summed E-state index contributed by atoms with van der Waals surface area (Å²) in [5, 5.41) is 12.8. The van der Waals surface area contributed by atoms with E-state index in [0.717, 1.165) is 36.5 Å². The molecule has 2 unspecified atom stereocenters. The smallest absolute Gasteiger partial charge is 0.254 e. The third kappa shape index (κ3) is 4.00. The van der Waals surface area contributed by atoms with Crippen molar-refractivity contribution < 1.29 is 9.59 Å². The topological polar surface area (TPSA) is 82.3 Å². The summed E-state index contributed by atoms with van der Waals surface area (Å²) in [5.41, 5.74) is 2.60. The van der Waals surface area contributed by atoms with Gasteiger partial charge in [-0.15, -0.1) is 0 Å². The third-order valence-electron chi connectivity index (χ3n) is 5.52. The maximum absolute atomic E-state index is 12.5. The van der Waals surface area contributed by atoms with Crippen molar-refractivity contribution in [1.29, 1.82) is 0 Å². The molecule has 30 heavy (non-hydrogen) atoms. The van der Waals surface area contributed by atoms with Crippen LogP contribution in [-0.4, -0.2) is 30.9 Å². The summed E-state index contributed by atoms with van der Waals surface area (Å²) in [6.45, 7) is 0.842. The Morgan fingerprint density at radius 2 is 1.63 bits per heavy atom. The van der Waals surface area contributed by atoms with E-state index in [4.69, 9.17) is 0 Å². The van der Waals surface area contributed by atoms with Crippen molar-refractivity contribution in [2.45, 2.75) is 18.4 Å². The fourth-order valence-corrected chi connectivity index (χ4v) is 4.05. The molecule has 6 nitrogen and oxygen atoms in total. The Balaban J connectivity index is 1.78. The van der Waals surface area contributed by atoms with Crippen molar-refractivity contribution >= 4 is 23.2 Å². The quantitative estimate of drug-likeness (QED) is 0.403. The van der Waals surface area contributed by atoms with Crippen molar-refractivity contribution in [3.63, 3.8) is 0 Å². The van der Waals surface area contributed by atoms with Crippen LogP contribution in [0, 0.1) is 5.92 Å². The summed E-state index contributed by atoms with van der Waals surface area (Å²) in [7, 11) is 1.93. The lowest BCUT2D eigenvalue weighted by atomic mass is 9.78. The molecule has 4 N–H and O–H groups in total. The Kier molecular flexibility index (Phi) is 5.68. The molecule has 4 rings (SSSR count). The van der Waals surface area contributed by atoms with Crippen molar-refractivity contribution in [3.8, 4) is 0 Å². The summed E-state index contributed by atoms with van der Waals surface area (Å²) in [5.74, 6) is -1.16. The van der Waals surface area contributed by atoms with Crippen LogP contribution in [0.15, 0.2) is 84.1 Å². The molecule has 2 aromatic carbocycles. The molecule has 1 saturated heterocycles. The van der Waals surface area contributed by atoms with Gasteiger partial charge in [0.05, 0.1) is 11.5 Å². The molecule has 2 atom stereocenters. The van der Waals surface area contributed by atoms with Gasteiger partial charge in [-0.05, 0) is 62.9 Å². The van der Waals surface area contributed by atoms with E-state index >= 15 is 0 Å². The molecule has 0 saturated carbocycles. The highest BCUT2D eigenvalue weighted by Gasteiger charge is 2.45. The number of anilines is 2. The maximum Gasteiger partial charge on any atom is 0.254 e. The van der Waals surface area contributed by atoms with Gasteiger partial charge < -0.3 is 16.0 Å². The molecular weight excluding hydrogens is 376 g/mol. The molecule has 1 aliphatic heterocycles. The second kappa shape index (κ2) is 8.55. The summed E-state index contributed by atoms with van der Waals surface area (Å²) in [4.78, 5) is 24.8. The standard InChI is InChI=1S/C24H26N4O2/c1-25-14-8-13-24(28-18-11-6-3-7-12-18)16-20-19(22(29)27-23(20)30)15-21(24)26-17-9-4-2-5-10-17/h2-7,9-12,15-16,19,25-26,28H,8,13-14H2,1H3,(H,27,29,30). The van der Waals surface area contributed by atoms with Gasteiger partial charge in [0.1, 0.15) is 0 Å². The molecule has 0 bridgehead atoms. The van der Waals surface area contributed by atoms with Crippen LogP contribution in [0.3, 0.4) is 0 Å². The average molecular weight is 402 g/mol. The highest BCUT2D eigenvalue weighted by atomic mass is 16.2. The highest BCUT2D eigenvalue weighted by Crippen LogP contribution is 2.39. The summed E-state index contributed by atoms with van der Waals surface area (Å²) in [6, 6.07) is 19.8. The zero-order valence-electron chi connectivity index (χ0n) is 16.9. The minimum Gasteiger partial charge on any atom is -0.371 e. The minimum absolute atomic E-state index is 0.276. The van der Waals surface area contributed by atoms with Crippen LogP contribution in [0.4, 0.5) is 11.4 Å². The zero-order chi connectivity index (χ0) is 21.0. The van der Waals surface area contributed by atoms with E-state index in [1.54, 1.807) is 0 Å². The lowest BCUT2D eigenvalue weighted by molar-refractivity contribution is -0.125. The van der Waals surface area contributed by atoms with Crippen LogP contribution in [0.25, 0.3) is 0 Å². The minimum atomic E-state index is -0.651. The number of benzene rings is 2. The van der Waals surface area contributed by atoms with E-state index in [-0.39, 0.29) is 11.8 Å². The first-order chi connectivity index (χ1) is 14.6. The van der Waals surface area contributed by atoms with E-state index in [9.17, 15) is 9.59 Å². The van der Waals surface area contributed by atoms with E-state index in [0.29, 0.717) is 5.57 Å². The number of para-hydroxylation sites is 2. The normalized spacial score (nSPS) is 22.6. The number of imide groups is 1. The monoisotopic (exact) mass is 402 g/mol. The van der Waals surface area contributed by atoms with Crippen LogP contribution < -0.4 is 21.3 Å². The summed E-state index contributed by atoms with van der Waals surface area (Å²) >= 11 is 0. The van der Waals surface area contributed by atoms with Crippen molar-refractivity contribution in [3.05, 3.63) is 84.1 Å². The Bertz CT molecular complexity index is 985. The lowest BCUT2D eigenvalue weighted by Gasteiger charge is -2.39. The summed E-state index contributed by atoms with van der Waals surface area (Å²) < 4.78 is 0. The fraction of sp³-hybridized carbons (Fsp3) is 0.250. The number of carbonyl (C=O) groups excluding carboxylic acids is 2. The largest absolute Gasteiger partial charge is 0.371 e. The second-order valence-corrected chi connectivity index (χ2v) is 7.64. The first-order valence-electron chi connectivity index (χ1n) is 10.2. The number of carbonyl (C=O) groups is 2. The third-order valence-corrected chi connectivity index (χ3v) is 5.52. The van der Waals surface area contributed by atoms with E-state index in [2.05, 4.69) is 21.3 Å². The SMILES string of the molecule is CNCCCC1(Nc2ccccc2)C=C2C(=O)NC(=O)C2C=C1Nc1ccccc1. The van der Waals surface area contributed by atoms with Gasteiger partial charge in [0.15, 0.2) is 0 Å². The molecule has 1 fully saturated rings. The Labute approximate surface area is 176 Å². The van der Waals surface area contributed by atoms with Crippen molar-refractivity contribution in [2.75, 3.05) is 24.2 Å². The van der Waals surface area contributed by atoms with E-state index in [1.165, 1.54) is 0 Å². The van der Waals surface area contributed by atoms with Gasteiger partial charge in [-0.2, -0.15) is 0 Å². The summed E-state index contributed by atoms with van der Waals surface area (Å²) in [6.07, 6.45) is 5.45. The van der Waals surface area contributed by atoms with Crippen LogP contribution in [0.1, 0.15) is 12.8 Å². The highest BCUT2D eigenvalue weighted by molar-refractivity contribution is 6.16. The molecule has 2 amide bonds. The number of fused-ring (bicyclic) bond motifs is 1. The van der Waals surface area contributed by atoms with E-state index in [1.807, 2.05) is 79.9 Å². The number of amides is 2. The number of rotatable bonds is 8. The average Bonchev–Trinajstić information content (AvgIpc) is 3.02. The number of hydrogen-bond acceptors (Lipinski definition) is 5. The number of nitrogens with one attached hydrogen (secondary N) is 4. The predicted octanol–water partition coefficient (Wildman–Crippen LogP) is 3.05. The first kappa shape index (κ1) is 19.9. The predicted molar refractivity (Wildman–Crippen MR) is 119 cm³/mol. The van der Waals surface area contributed by atoms with Gasteiger partial charge in [0.25, 0.3) is 5.91 Å². The van der Waals surface area contributed by atoms with Gasteiger partial charge in [-0.3, -0.25) is 14.9 Å². The maximum atomic E-state index is 12.5. The van der Waals surface area contributed by atoms with Crippen LogP contribution in [0.5, 0.6) is 0 Å². The van der Waals surface area contributed by atoms with Crippen molar-refractivity contribution in [2.24, 2.45) is 5.92 Å². The van der Waals surface area contributed by atoms with Crippen LogP contribution >= 0.6 is 0 Å². The molecule has 0 aromatic heterocycles. The zero-order valence-corrected chi connectivity index (χ0v) is 16.9. The second-order valence-electron chi connectivity index (χ2n) is 7.64. The molecule has 0 radical (unpaired) electrons. The van der Waals surface area contributed by atoms with E-state index < -0.39 is 11.5 Å². The van der Waals surface area contributed by atoms with Crippen LogP contribution in [-0.2, 0) is 9.59 Å². The Morgan fingerprint density at radius 1 is 0.967 bits per heavy atom. The van der Waals surface area contributed by atoms with Crippen molar-refractivity contribution in [1.82, 2.24) is 10.6 Å². The van der Waals surface area contributed by atoms with Gasteiger partial charge in [-0.25, -0.2) is 0 Å². The number of hydrogen-bond donors (Lipinski definition) is 4. The first-order valence-corrected chi connectivity index (χ1v) is 10.2.